The average Bonchev–Trinajstić information content (AvgIpc) is 2.66. The van der Waals surface area contributed by atoms with Gasteiger partial charge in [-0.1, -0.05) is 32.9 Å². The van der Waals surface area contributed by atoms with Crippen LogP contribution in [0.25, 0.3) is 10.9 Å². The summed E-state index contributed by atoms with van der Waals surface area (Å²) in [6.07, 6.45) is -3.53. The molecule has 3 rings (SSSR count). The number of H-pyrrole nitrogens is 1. The number of carbonyl (C=O) groups excluding carboxylic acids is 1. The Bertz CT molecular complexity index is 1170. The molecule has 2 N–H and O–H groups in total. The minimum Gasteiger partial charge on any atom is -0.496 e. The fraction of sp³-hybridized carbons (Fsp3) is 0.273. The molecule has 0 fully saturated rings. The summed E-state index contributed by atoms with van der Waals surface area (Å²) in [4.78, 5) is 28.1. The van der Waals surface area contributed by atoms with Crippen molar-refractivity contribution in [1.29, 1.82) is 0 Å². The van der Waals surface area contributed by atoms with Gasteiger partial charge in [-0.05, 0) is 23.6 Å². The Morgan fingerprint density at radius 2 is 1.73 bits per heavy atom. The van der Waals surface area contributed by atoms with Gasteiger partial charge in [-0.25, -0.2) is 0 Å². The number of carbonyl (C=O) groups is 1. The summed E-state index contributed by atoms with van der Waals surface area (Å²) in [7, 11) is 1.34. The van der Waals surface area contributed by atoms with E-state index in [1.165, 1.54) is 19.4 Å². The minimum atomic E-state index is -4.72. The summed E-state index contributed by atoms with van der Waals surface area (Å²) in [5.74, 6) is -0.740. The van der Waals surface area contributed by atoms with Crippen LogP contribution in [0.3, 0.4) is 0 Å². The van der Waals surface area contributed by atoms with Crippen LogP contribution in [-0.4, -0.2) is 18.0 Å². The van der Waals surface area contributed by atoms with Crippen molar-refractivity contribution in [1.82, 2.24) is 4.98 Å². The molecular formula is C22H21F3N2O3. The molecule has 0 unspecified atom stereocenters. The number of para-hydroxylation sites is 1. The minimum absolute atomic E-state index is 0.207. The van der Waals surface area contributed by atoms with E-state index in [1.54, 1.807) is 39.0 Å². The van der Waals surface area contributed by atoms with E-state index in [-0.39, 0.29) is 16.7 Å². The molecule has 3 aromatic rings. The number of rotatable bonds is 3. The molecule has 1 heterocycles. The number of benzene rings is 2. The molecule has 158 valence electrons. The van der Waals surface area contributed by atoms with Crippen molar-refractivity contribution in [2.75, 3.05) is 12.4 Å². The van der Waals surface area contributed by atoms with Gasteiger partial charge in [-0.2, -0.15) is 13.2 Å². The summed E-state index contributed by atoms with van der Waals surface area (Å²) < 4.78 is 46.5. The lowest BCUT2D eigenvalue weighted by Crippen LogP contribution is -2.24. The second-order valence-electron chi connectivity index (χ2n) is 7.88. The highest BCUT2D eigenvalue weighted by atomic mass is 19.4. The van der Waals surface area contributed by atoms with Crippen molar-refractivity contribution in [3.8, 4) is 5.75 Å². The molecule has 0 aliphatic rings. The lowest BCUT2D eigenvalue weighted by molar-refractivity contribution is -0.137. The smallest absolute Gasteiger partial charge is 0.418 e. The van der Waals surface area contributed by atoms with Crippen molar-refractivity contribution in [2.24, 2.45) is 0 Å². The molecular weight excluding hydrogens is 397 g/mol. The fourth-order valence-electron chi connectivity index (χ4n) is 3.20. The Balaban J connectivity index is 2.11. The summed E-state index contributed by atoms with van der Waals surface area (Å²) in [6.45, 7) is 5.29. The third kappa shape index (κ3) is 4.03. The quantitative estimate of drug-likeness (QED) is 0.621. The number of amides is 1. The van der Waals surface area contributed by atoms with Crippen molar-refractivity contribution >= 4 is 22.5 Å². The van der Waals surface area contributed by atoms with Gasteiger partial charge in [-0.3, -0.25) is 9.59 Å². The van der Waals surface area contributed by atoms with Crippen molar-refractivity contribution < 1.29 is 22.7 Å². The summed E-state index contributed by atoms with van der Waals surface area (Å²) in [5.41, 5.74) is -2.12. The van der Waals surface area contributed by atoms with Crippen LogP contribution in [0.2, 0.25) is 0 Å². The lowest BCUT2D eigenvalue weighted by Gasteiger charge is -2.25. The molecule has 0 atom stereocenters. The van der Waals surface area contributed by atoms with Crippen molar-refractivity contribution in [3.05, 3.63) is 69.5 Å². The second-order valence-corrected chi connectivity index (χ2v) is 7.88. The number of hydrogen-bond donors (Lipinski definition) is 2. The molecule has 0 aliphatic carbocycles. The molecule has 1 amide bonds. The molecule has 0 radical (unpaired) electrons. The predicted molar refractivity (Wildman–Crippen MR) is 109 cm³/mol. The first-order chi connectivity index (χ1) is 13.9. The van der Waals surface area contributed by atoms with Gasteiger partial charge < -0.3 is 15.0 Å². The topological polar surface area (TPSA) is 71.2 Å². The number of alkyl halides is 3. The summed E-state index contributed by atoms with van der Waals surface area (Å²) in [5, 5.41) is 2.50. The van der Waals surface area contributed by atoms with Crippen LogP contribution in [0, 0.1) is 0 Å². The fourth-order valence-corrected chi connectivity index (χ4v) is 3.20. The lowest BCUT2D eigenvalue weighted by atomic mass is 9.85. The van der Waals surface area contributed by atoms with Gasteiger partial charge in [0.25, 0.3) is 5.91 Å². The zero-order chi connectivity index (χ0) is 22.3. The van der Waals surface area contributed by atoms with Gasteiger partial charge in [0.2, 0.25) is 5.43 Å². The number of aromatic amines is 1. The average molecular weight is 418 g/mol. The Hall–Kier alpha value is -3.29. The molecule has 0 saturated carbocycles. The van der Waals surface area contributed by atoms with Crippen molar-refractivity contribution in [3.63, 3.8) is 0 Å². The first-order valence-electron chi connectivity index (χ1n) is 9.15. The molecule has 0 aliphatic heterocycles. The van der Waals surface area contributed by atoms with Crippen LogP contribution in [0.5, 0.6) is 5.75 Å². The Morgan fingerprint density at radius 1 is 1.07 bits per heavy atom. The normalized spacial score (nSPS) is 12.1. The third-order valence-electron chi connectivity index (χ3n) is 4.73. The second kappa shape index (κ2) is 7.51. The zero-order valence-corrected chi connectivity index (χ0v) is 16.9. The molecule has 8 heteroatoms. The Labute approximate surface area is 170 Å². The van der Waals surface area contributed by atoms with E-state index in [0.29, 0.717) is 11.1 Å². The van der Waals surface area contributed by atoms with Crippen LogP contribution in [0.1, 0.15) is 42.3 Å². The van der Waals surface area contributed by atoms with Gasteiger partial charge in [0, 0.05) is 28.7 Å². The van der Waals surface area contributed by atoms with Gasteiger partial charge in [0.15, 0.2) is 0 Å². The maximum atomic E-state index is 13.7. The molecule has 2 aromatic carbocycles. The number of fused-ring (bicyclic) bond motifs is 1. The van der Waals surface area contributed by atoms with E-state index in [0.717, 1.165) is 12.1 Å². The highest BCUT2D eigenvalue weighted by Crippen LogP contribution is 2.42. The van der Waals surface area contributed by atoms with Crippen LogP contribution >= 0.6 is 0 Å². The maximum absolute atomic E-state index is 13.7. The molecule has 1 aromatic heterocycles. The van der Waals surface area contributed by atoms with E-state index < -0.39 is 34.2 Å². The first kappa shape index (κ1) is 21.4. The SMILES string of the molecule is COc1cc(NC(=O)c2c[nH]c3ccccc3c2=O)c(C(F)(F)F)cc1C(C)(C)C. The third-order valence-corrected chi connectivity index (χ3v) is 4.73. The van der Waals surface area contributed by atoms with E-state index >= 15 is 0 Å². The Morgan fingerprint density at radius 3 is 2.33 bits per heavy atom. The largest absolute Gasteiger partial charge is 0.496 e. The van der Waals surface area contributed by atoms with Gasteiger partial charge in [-0.15, -0.1) is 0 Å². The van der Waals surface area contributed by atoms with E-state index in [1.807, 2.05) is 0 Å². The first-order valence-corrected chi connectivity index (χ1v) is 9.15. The van der Waals surface area contributed by atoms with E-state index in [9.17, 15) is 22.8 Å². The predicted octanol–water partition coefficient (Wildman–Crippen LogP) is 5.11. The number of methoxy groups -OCH3 is 1. The molecule has 30 heavy (non-hydrogen) atoms. The summed E-state index contributed by atoms with van der Waals surface area (Å²) in [6, 6.07) is 8.66. The molecule has 5 nitrogen and oxygen atoms in total. The van der Waals surface area contributed by atoms with Crippen LogP contribution < -0.4 is 15.5 Å². The van der Waals surface area contributed by atoms with E-state index in [4.69, 9.17) is 4.74 Å². The zero-order valence-electron chi connectivity index (χ0n) is 16.9. The number of aromatic nitrogens is 1. The number of nitrogens with one attached hydrogen (secondary N) is 2. The number of hydrogen-bond acceptors (Lipinski definition) is 3. The number of halogens is 3. The highest BCUT2D eigenvalue weighted by molar-refractivity contribution is 6.06. The highest BCUT2D eigenvalue weighted by Gasteiger charge is 2.37. The van der Waals surface area contributed by atoms with Gasteiger partial charge >= 0.3 is 6.18 Å². The van der Waals surface area contributed by atoms with Crippen LogP contribution in [-0.2, 0) is 11.6 Å². The number of anilines is 1. The van der Waals surface area contributed by atoms with Crippen LogP contribution in [0.4, 0.5) is 18.9 Å². The van der Waals surface area contributed by atoms with Gasteiger partial charge in [0.05, 0.1) is 18.4 Å². The molecule has 0 spiro atoms. The summed E-state index contributed by atoms with van der Waals surface area (Å²) >= 11 is 0. The Kier molecular flexibility index (Phi) is 5.36. The number of pyridine rings is 1. The standard InChI is InChI=1S/C22H21F3N2O3/c1-21(2,3)15-9-14(22(23,24)25)17(10-18(15)30-4)27-20(29)13-11-26-16-8-6-5-7-12(16)19(13)28/h5-11H,1-4H3,(H,26,28)(H,27,29). The molecule has 0 bridgehead atoms. The molecule has 0 saturated heterocycles. The van der Waals surface area contributed by atoms with E-state index in [2.05, 4.69) is 10.3 Å². The monoisotopic (exact) mass is 418 g/mol. The van der Waals surface area contributed by atoms with Crippen molar-refractivity contribution in [2.45, 2.75) is 32.4 Å². The van der Waals surface area contributed by atoms with Crippen LogP contribution in [0.15, 0.2) is 47.4 Å². The van der Waals surface area contributed by atoms with Gasteiger partial charge in [0.1, 0.15) is 11.3 Å². The number of ether oxygens (including phenoxy) is 1. The maximum Gasteiger partial charge on any atom is 0.418 e.